The summed E-state index contributed by atoms with van der Waals surface area (Å²) in [5.74, 6) is 0.965. The molecule has 0 saturated carbocycles. The third-order valence-corrected chi connectivity index (χ3v) is 5.96. The van der Waals surface area contributed by atoms with E-state index >= 15 is 0 Å². The lowest BCUT2D eigenvalue weighted by molar-refractivity contribution is 0.0724. The molecule has 3 saturated heterocycles. The summed E-state index contributed by atoms with van der Waals surface area (Å²) in [4.78, 5) is 18.9. The lowest BCUT2D eigenvalue weighted by Crippen LogP contribution is -2.47. The van der Waals surface area contributed by atoms with Crippen LogP contribution < -0.4 is 10.6 Å². The maximum absolute atomic E-state index is 12.5. The summed E-state index contributed by atoms with van der Waals surface area (Å²) in [6, 6.07) is 8.29. The van der Waals surface area contributed by atoms with Crippen molar-refractivity contribution in [1.29, 1.82) is 0 Å². The number of fused-ring (bicyclic) bond motifs is 2. The Kier molecular flexibility index (Phi) is 7.56. The molecule has 2 N–H and O–H groups in total. The average molecular weight is 498 g/mol. The normalized spacial score (nSPS) is 26.7. The van der Waals surface area contributed by atoms with Crippen molar-refractivity contribution >= 4 is 35.8 Å². The molecule has 1 amide bonds. The number of hydrogen-bond acceptors (Lipinski definition) is 3. The minimum atomic E-state index is 0. The van der Waals surface area contributed by atoms with Crippen LogP contribution in [0.15, 0.2) is 29.3 Å². The van der Waals surface area contributed by atoms with Gasteiger partial charge in [0, 0.05) is 32.2 Å². The van der Waals surface area contributed by atoms with Gasteiger partial charge in [0.05, 0.1) is 18.2 Å². The van der Waals surface area contributed by atoms with Gasteiger partial charge in [-0.3, -0.25) is 9.79 Å². The molecule has 28 heavy (non-hydrogen) atoms. The summed E-state index contributed by atoms with van der Waals surface area (Å²) >= 11 is 0. The minimum absolute atomic E-state index is 0. The predicted octanol–water partition coefficient (Wildman–Crippen LogP) is 2.92. The molecule has 1 aromatic rings. The van der Waals surface area contributed by atoms with Crippen LogP contribution in [0.1, 0.15) is 54.4 Å². The molecule has 3 aliphatic rings. The fraction of sp³-hybridized carbons (Fsp3) is 0.619. The zero-order chi connectivity index (χ0) is 18.6. The van der Waals surface area contributed by atoms with Crippen LogP contribution >= 0.6 is 24.0 Å². The highest BCUT2D eigenvalue weighted by atomic mass is 127. The van der Waals surface area contributed by atoms with Gasteiger partial charge in [-0.05, 0) is 56.2 Å². The molecular weight excluding hydrogens is 467 g/mol. The number of carbonyl (C=O) groups excluding carboxylic acids is 1. The number of ether oxygens (including phenoxy) is 1. The van der Waals surface area contributed by atoms with Crippen molar-refractivity contribution in [2.75, 3.05) is 20.1 Å². The molecule has 154 valence electrons. The Balaban J connectivity index is 0.00000225. The molecule has 3 aliphatic heterocycles. The quantitative estimate of drug-likeness (QED) is 0.381. The Morgan fingerprint density at radius 1 is 1.18 bits per heavy atom. The zero-order valence-corrected chi connectivity index (χ0v) is 18.9. The van der Waals surface area contributed by atoms with E-state index in [1.54, 1.807) is 7.05 Å². The summed E-state index contributed by atoms with van der Waals surface area (Å²) < 4.78 is 5.90. The first-order valence-electron chi connectivity index (χ1n) is 10.2. The fourth-order valence-corrected chi connectivity index (χ4v) is 4.39. The lowest BCUT2D eigenvalue weighted by atomic mass is 9.96. The van der Waals surface area contributed by atoms with Crippen LogP contribution in [0.3, 0.4) is 0 Å². The maximum Gasteiger partial charge on any atom is 0.253 e. The maximum atomic E-state index is 12.5. The van der Waals surface area contributed by atoms with Crippen LogP contribution in [-0.4, -0.2) is 55.2 Å². The fourth-order valence-electron chi connectivity index (χ4n) is 4.39. The van der Waals surface area contributed by atoms with Gasteiger partial charge in [0.2, 0.25) is 0 Å². The van der Waals surface area contributed by atoms with Crippen molar-refractivity contribution < 1.29 is 9.53 Å². The molecule has 0 aliphatic carbocycles. The second-order valence-corrected chi connectivity index (χ2v) is 7.84. The van der Waals surface area contributed by atoms with E-state index in [1.807, 2.05) is 29.2 Å². The molecule has 2 bridgehead atoms. The third kappa shape index (κ3) is 4.97. The van der Waals surface area contributed by atoms with E-state index in [1.165, 1.54) is 12.8 Å². The summed E-state index contributed by atoms with van der Waals surface area (Å²) in [6.07, 6.45) is 7.63. The number of carbonyl (C=O) groups is 1. The number of piperidine rings is 1. The van der Waals surface area contributed by atoms with E-state index in [2.05, 4.69) is 15.6 Å². The Hall–Kier alpha value is -1.35. The predicted molar refractivity (Wildman–Crippen MR) is 121 cm³/mol. The standard InChI is InChI=1S/C21H30N4O2.HI/c1-22-21(24-18-13-17-9-10-19(18)27-17)23-14-15-5-7-16(8-6-15)20(26)25-11-3-2-4-12-25;/h5-8,17-19H,2-4,9-14H2,1H3,(H2,22,23,24);1H. The number of nitrogens with one attached hydrogen (secondary N) is 2. The molecule has 4 rings (SSSR count). The van der Waals surface area contributed by atoms with Crippen LogP contribution in [-0.2, 0) is 11.3 Å². The first kappa shape index (κ1) is 21.4. The SMILES string of the molecule is CN=C(NCc1ccc(C(=O)N2CCCCC2)cc1)NC1CC2CCC1O2.I. The van der Waals surface area contributed by atoms with E-state index in [0.29, 0.717) is 24.8 Å². The second-order valence-electron chi connectivity index (χ2n) is 7.84. The van der Waals surface area contributed by atoms with Crippen molar-refractivity contribution in [1.82, 2.24) is 15.5 Å². The molecule has 0 aromatic heterocycles. The number of rotatable bonds is 4. The van der Waals surface area contributed by atoms with E-state index in [-0.39, 0.29) is 29.9 Å². The van der Waals surface area contributed by atoms with E-state index in [0.717, 1.165) is 55.9 Å². The number of nitrogens with zero attached hydrogens (tertiary/aromatic N) is 2. The largest absolute Gasteiger partial charge is 0.373 e. The van der Waals surface area contributed by atoms with Gasteiger partial charge in [0.1, 0.15) is 0 Å². The number of hydrogen-bond donors (Lipinski definition) is 2. The van der Waals surface area contributed by atoms with Crippen LogP contribution in [0.25, 0.3) is 0 Å². The molecule has 7 heteroatoms. The first-order chi connectivity index (χ1) is 13.2. The molecular formula is C21H31IN4O2. The topological polar surface area (TPSA) is 66.0 Å². The van der Waals surface area contributed by atoms with E-state index in [9.17, 15) is 4.79 Å². The monoisotopic (exact) mass is 498 g/mol. The van der Waals surface area contributed by atoms with Gasteiger partial charge < -0.3 is 20.3 Å². The number of guanidine groups is 1. The molecule has 0 spiro atoms. The number of benzene rings is 1. The Morgan fingerprint density at radius 2 is 1.93 bits per heavy atom. The molecule has 3 atom stereocenters. The van der Waals surface area contributed by atoms with Crippen LogP contribution in [0, 0.1) is 0 Å². The first-order valence-corrected chi connectivity index (χ1v) is 10.2. The summed E-state index contributed by atoms with van der Waals surface area (Å²) in [6.45, 7) is 2.45. The average Bonchev–Trinajstić information content (AvgIpc) is 3.35. The Bertz CT molecular complexity index is 688. The molecule has 1 aromatic carbocycles. The summed E-state index contributed by atoms with van der Waals surface area (Å²) in [5, 5.41) is 6.87. The van der Waals surface area contributed by atoms with Crippen molar-refractivity contribution in [2.45, 2.75) is 63.3 Å². The Morgan fingerprint density at radius 3 is 2.54 bits per heavy atom. The van der Waals surface area contributed by atoms with Gasteiger partial charge in [-0.25, -0.2) is 0 Å². The van der Waals surface area contributed by atoms with Crippen LogP contribution in [0.5, 0.6) is 0 Å². The molecule has 6 nitrogen and oxygen atoms in total. The lowest BCUT2D eigenvalue weighted by Gasteiger charge is -2.26. The van der Waals surface area contributed by atoms with Crippen molar-refractivity contribution in [3.63, 3.8) is 0 Å². The van der Waals surface area contributed by atoms with Crippen molar-refractivity contribution in [2.24, 2.45) is 4.99 Å². The summed E-state index contributed by atoms with van der Waals surface area (Å²) in [5.41, 5.74) is 1.92. The number of aliphatic imine (C=N–C) groups is 1. The van der Waals surface area contributed by atoms with Gasteiger partial charge >= 0.3 is 0 Å². The van der Waals surface area contributed by atoms with Gasteiger partial charge in [-0.15, -0.1) is 24.0 Å². The molecule has 0 radical (unpaired) electrons. The summed E-state index contributed by atoms with van der Waals surface area (Å²) in [7, 11) is 1.80. The van der Waals surface area contributed by atoms with E-state index < -0.39 is 0 Å². The smallest absolute Gasteiger partial charge is 0.253 e. The number of halogens is 1. The number of likely N-dealkylation sites (tertiary alicyclic amines) is 1. The third-order valence-electron chi connectivity index (χ3n) is 5.96. The Labute approximate surface area is 184 Å². The van der Waals surface area contributed by atoms with Gasteiger partial charge in [-0.2, -0.15) is 0 Å². The van der Waals surface area contributed by atoms with Crippen molar-refractivity contribution in [3.05, 3.63) is 35.4 Å². The van der Waals surface area contributed by atoms with Crippen molar-refractivity contribution in [3.8, 4) is 0 Å². The van der Waals surface area contributed by atoms with Crippen LogP contribution in [0.2, 0.25) is 0 Å². The van der Waals surface area contributed by atoms with Crippen LogP contribution in [0.4, 0.5) is 0 Å². The van der Waals surface area contributed by atoms with Gasteiger partial charge in [-0.1, -0.05) is 12.1 Å². The van der Waals surface area contributed by atoms with E-state index in [4.69, 9.17) is 4.74 Å². The highest BCUT2D eigenvalue weighted by Gasteiger charge is 2.41. The zero-order valence-electron chi connectivity index (χ0n) is 16.5. The molecule has 3 fully saturated rings. The highest BCUT2D eigenvalue weighted by Crippen LogP contribution is 2.34. The number of amides is 1. The minimum Gasteiger partial charge on any atom is -0.373 e. The second kappa shape index (κ2) is 9.91. The molecule has 3 unspecified atom stereocenters. The van der Waals surface area contributed by atoms with Gasteiger partial charge in [0.25, 0.3) is 5.91 Å². The molecule has 3 heterocycles. The highest BCUT2D eigenvalue weighted by molar-refractivity contribution is 14.0. The van der Waals surface area contributed by atoms with Gasteiger partial charge in [0.15, 0.2) is 5.96 Å².